The van der Waals surface area contributed by atoms with Crippen molar-refractivity contribution in [2.45, 2.75) is 19.7 Å². The van der Waals surface area contributed by atoms with E-state index in [1.807, 2.05) is 24.3 Å². The molecule has 194 valence electrons. The molecule has 10 nitrogen and oxygen atoms in total. The topological polar surface area (TPSA) is 144 Å². The first-order valence-corrected chi connectivity index (χ1v) is 12.4. The molecule has 0 saturated carbocycles. The first kappa shape index (κ1) is 26.2. The number of hydrogen-bond acceptors (Lipinski definition) is 7. The Morgan fingerprint density at radius 1 is 1.14 bits per heavy atom. The summed E-state index contributed by atoms with van der Waals surface area (Å²) in [6.45, 7) is -0.111. The lowest BCUT2D eigenvalue weighted by molar-refractivity contribution is -0.711. The molecule has 0 aliphatic rings. The minimum Gasteiger partial charge on any atom is -0.492 e. The third-order valence-electron chi connectivity index (χ3n) is 5.41. The van der Waals surface area contributed by atoms with E-state index in [1.54, 1.807) is 18.2 Å². The standard InChI is InChI=1S/C24H23F2N4O6P/c1-34-23-20(26)10-17(25)11-21(23)28-13-16-6-4-15(5-7-16)9-18-12-22(36-29-18)19-3-2-8-30(24(19)27)14-35-37(31,32)33/h2-8,10-12,27-28H,9,13-14H2,1H3,(H2,31,32,33)/p+1. The van der Waals surface area contributed by atoms with Crippen molar-refractivity contribution in [1.82, 2.24) is 5.16 Å². The number of rotatable bonds is 10. The summed E-state index contributed by atoms with van der Waals surface area (Å²) in [4.78, 5) is 17.8. The second kappa shape index (κ2) is 11.1. The van der Waals surface area contributed by atoms with Gasteiger partial charge in [0.1, 0.15) is 11.4 Å². The van der Waals surface area contributed by atoms with Gasteiger partial charge in [0.05, 0.1) is 24.7 Å². The van der Waals surface area contributed by atoms with Crippen LogP contribution in [0.3, 0.4) is 0 Å². The molecule has 0 aliphatic carbocycles. The minimum absolute atomic E-state index is 0.0567. The van der Waals surface area contributed by atoms with Gasteiger partial charge >= 0.3 is 7.82 Å². The fraction of sp³-hybridized carbons (Fsp3) is 0.167. The second-order valence-corrected chi connectivity index (χ2v) is 9.26. The lowest BCUT2D eigenvalue weighted by Crippen LogP contribution is -2.38. The fourth-order valence-corrected chi connectivity index (χ4v) is 3.90. The Balaban J connectivity index is 1.41. The molecule has 0 spiro atoms. The smallest absolute Gasteiger partial charge is 0.472 e. The molecule has 37 heavy (non-hydrogen) atoms. The molecule has 2 aromatic carbocycles. The van der Waals surface area contributed by atoms with Crippen molar-refractivity contribution in [3.05, 3.63) is 89.2 Å². The van der Waals surface area contributed by atoms with Crippen LogP contribution in [0.5, 0.6) is 5.75 Å². The maximum Gasteiger partial charge on any atom is 0.472 e. The van der Waals surface area contributed by atoms with Crippen LogP contribution in [0, 0.1) is 11.6 Å². The number of benzene rings is 2. The van der Waals surface area contributed by atoms with E-state index in [2.05, 4.69) is 15.0 Å². The van der Waals surface area contributed by atoms with Gasteiger partial charge in [-0.25, -0.2) is 22.4 Å². The predicted molar refractivity (Wildman–Crippen MR) is 129 cm³/mol. The van der Waals surface area contributed by atoms with Gasteiger partial charge in [0.15, 0.2) is 17.3 Å². The van der Waals surface area contributed by atoms with Crippen LogP contribution in [0.25, 0.3) is 11.3 Å². The maximum absolute atomic E-state index is 13.9. The van der Waals surface area contributed by atoms with Crippen molar-refractivity contribution in [3.8, 4) is 17.1 Å². The number of aromatic nitrogens is 2. The number of methoxy groups -OCH3 is 1. The summed E-state index contributed by atoms with van der Waals surface area (Å²) >= 11 is 0. The molecular weight excluding hydrogens is 509 g/mol. The molecule has 0 aliphatic heterocycles. The van der Waals surface area contributed by atoms with Crippen LogP contribution in [0.2, 0.25) is 0 Å². The number of nitrogen functional groups attached to an aromatic ring is 1. The number of phosphoric acid groups is 1. The Labute approximate surface area is 210 Å². The van der Waals surface area contributed by atoms with Crippen LogP contribution in [0.4, 0.5) is 20.3 Å². The molecule has 2 heterocycles. The van der Waals surface area contributed by atoms with E-state index in [9.17, 15) is 13.3 Å². The third kappa shape index (κ3) is 6.69. The molecule has 0 bridgehead atoms. The molecule has 4 aromatic rings. The summed E-state index contributed by atoms with van der Waals surface area (Å²) in [5.41, 5.74) is 9.29. The molecule has 0 saturated heterocycles. The molecule has 5 N–H and O–H groups in total. The van der Waals surface area contributed by atoms with Gasteiger partial charge in [-0.05, 0) is 23.3 Å². The van der Waals surface area contributed by atoms with Crippen molar-refractivity contribution in [2.75, 3.05) is 18.2 Å². The average Bonchev–Trinajstić information content (AvgIpc) is 3.30. The lowest BCUT2D eigenvalue weighted by Gasteiger charge is -2.12. The zero-order chi connectivity index (χ0) is 26.6. The first-order chi connectivity index (χ1) is 17.6. The van der Waals surface area contributed by atoms with Crippen molar-refractivity contribution in [1.29, 1.82) is 0 Å². The number of pyridine rings is 1. The quantitative estimate of drug-likeness (QED) is 0.177. The summed E-state index contributed by atoms with van der Waals surface area (Å²) in [6, 6.07) is 14.5. The zero-order valence-electron chi connectivity index (χ0n) is 19.6. The van der Waals surface area contributed by atoms with Crippen LogP contribution in [-0.4, -0.2) is 22.1 Å². The van der Waals surface area contributed by atoms with Gasteiger partial charge in [0.2, 0.25) is 6.73 Å². The highest BCUT2D eigenvalue weighted by molar-refractivity contribution is 7.46. The molecule has 2 aromatic heterocycles. The Kier molecular flexibility index (Phi) is 7.84. The summed E-state index contributed by atoms with van der Waals surface area (Å²) in [7, 11) is -3.34. The zero-order valence-corrected chi connectivity index (χ0v) is 20.5. The SMILES string of the molecule is COc1c(F)cc(F)cc1NCc1ccc(Cc2cc(-c3ccc[n+](COP(=O)(O)O)c3N)on2)cc1. The number of halogens is 2. The molecule has 0 atom stereocenters. The fourth-order valence-electron chi connectivity index (χ4n) is 3.62. The third-order valence-corrected chi connectivity index (χ3v) is 5.86. The Morgan fingerprint density at radius 3 is 2.57 bits per heavy atom. The molecular formula is C24H24F2N4O6P+. The second-order valence-electron chi connectivity index (χ2n) is 8.02. The maximum atomic E-state index is 13.9. The number of ether oxygens (including phenoxy) is 1. The first-order valence-electron chi connectivity index (χ1n) is 10.9. The van der Waals surface area contributed by atoms with E-state index >= 15 is 0 Å². The Hall–Kier alpha value is -3.83. The number of nitrogens with one attached hydrogen (secondary N) is 1. The van der Waals surface area contributed by atoms with Crippen LogP contribution >= 0.6 is 7.82 Å². The molecule has 0 amide bonds. The van der Waals surface area contributed by atoms with Gasteiger partial charge in [-0.15, -0.1) is 0 Å². The number of hydrogen-bond donors (Lipinski definition) is 4. The Morgan fingerprint density at radius 2 is 1.86 bits per heavy atom. The number of anilines is 2. The molecule has 4 rings (SSSR count). The number of nitrogens with two attached hydrogens (primary N) is 1. The largest absolute Gasteiger partial charge is 0.492 e. The van der Waals surface area contributed by atoms with Gasteiger partial charge in [-0.1, -0.05) is 29.4 Å². The summed E-state index contributed by atoms with van der Waals surface area (Å²) < 4.78 is 54.7. The van der Waals surface area contributed by atoms with Gasteiger partial charge in [0.25, 0.3) is 5.82 Å². The lowest BCUT2D eigenvalue weighted by atomic mass is 10.1. The van der Waals surface area contributed by atoms with Gasteiger partial charge in [-0.2, -0.15) is 0 Å². The highest BCUT2D eigenvalue weighted by Crippen LogP contribution is 2.35. The van der Waals surface area contributed by atoms with Crippen LogP contribution < -0.4 is 20.4 Å². The van der Waals surface area contributed by atoms with Gasteiger partial charge < -0.3 is 24.4 Å². The summed E-state index contributed by atoms with van der Waals surface area (Å²) in [5.74, 6) is -0.974. The monoisotopic (exact) mass is 533 g/mol. The predicted octanol–water partition coefficient (Wildman–Crippen LogP) is 3.77. The van der Waals surface area contributed by atoms with Crippen LogP contribution in [0.15, 0.2) is 65.3 Å². The molecule has 0 radical (unpaired) electrons. The van der Waals surface area contributed by atoms with Crippen LogP contribution in [-0.2, 0) is 28.8 Å². The van der Waals surface area contributed by atoms with E-state index in [-0.39, 0.29) is 17.3 Å². The summed E-state index contributed by atoms with van der Waals surface area (Å²) in [6.07, 6.45) is 1.98. The molecule has 0 fully saturated rings. The van der Waals surface area contributed by atoms with E-state index < -0.39 is 26.2 Å². The van der Waals surface area contributed by atoms with Crippen LogP contribution in [0.1, 0.15) is 16.8 Å². The summed E-state index contributed by atoms with van der Waals surface area (Å²) in [5, 5.41) is 7.07. The van der Waals surface area contributed by atoms with Gasteiger partial charge in [-0.3, -0.25) is 5.73 Å². The highest BCUT2D eigenvalue weighted by atomic mass is 31.2. The van der Waals surface area contributed by atoms with E-state index in [4.69, 9.17) is 24.8 Å². The number of nitrogens with zero attached hydrogens (tertiary/aromatic N) is 2. The van der Waals surface area contributed by atoms with E-state index in [0.717, 1.165) is 17.2 Å². The van der Waals surface area contributed by atoms with Crippen molar-refractivity contribution in [2.24, 2.45) is 0 Å². The van der Waals surface area contributed by atoms with Crippen molar-refractivity contribution in [3.63, 3.8) is 0 Å². The van der Waals surface area contributed by atoms with Crippen molar-refractivity contribution >= 4 is 19.3 Å². The highest BCUT2D eigenvalue weighted by Gasteiger charge is 2.21. The average molecular weight is 533 g/mol. The molecule has 0 unspecified atom stereocenters. The molecule has 13 heteroatoms. The van der Waals surface area contributed by atoms with E-state index in [0.29, 0.717) is 30.0 Å². The number of phosphoric ester groups is 1. The van der Waals surface area contributed by atoms with Gasteiger partial charge in [0, 0.05) is 31.2 Å². The normalized spacial score (nSPS) is 11.5. The Bertz CT molecular complexity index is 1440. The van der Waals surface area contributed by atoms with Crippen molar-refractivity contribution < 1.29 is 41.5 Å². The minimum atomic E-state index is -4.66. The van der Waals surface area contributed by atoms with E-state index in [1.165, 1.54) is 23.9 Å².